The van der Waals surface area contributed by atoms with Crippen molar-refractivity contribution in [3.05, 3.63) is 157 Å². The summed E-state index contributed by atoms with van der Waals surface area (Å²) >= 11 is 0. The summed E-state index contributed by atoms with van der Waals surface area (Å²) in [5, 5.41) is 10.4. The van der Waals surface area contributed by atoms with E-state index in [-0.39, 0.29) is 5.41 Å². The molecule has 0 unspecified atom stereocenters. The van der Waals surface area contributed by atoms with Gasteiger partial charge in [-0.1, -0.05) is 160 Å². The van der Waals surface area contributed by atoms with Crippen LogP contribution in [0.5, 0.6) is 0 Å². The Morgan fingerprint density at radius 3 is 1.55 bits per heavy atom. The molecule has 210 valence electrons. The third-order valence-corrected chi connectivity index (χ3v) is 9.14. The van der Waals surface area contributed by atoms with Crippen molar-refractivity contribution in [3.8, 4) is 33.4 Å². The van der Waals surface area contributed by atoms with Crippen molar-refractivity contribution < 1.29 is 0 Å². The fraction of sp³-hybridized carbons (Fsp3) is 0.0909. The van der Waals surface area contributed by atoms with E-state index in [0.717, 1.165) is 0 Å². The Morgan fingerprint density at radius 1 is 0.341 bits per heavy atom. The molecule has 0 atom stereocenters. The number of benzene rings is 8. The molecule has 44 heavy (non-hydrogen) atoms. The van der Waals surface area contributed by atoms with E-state index in [0.29, 0.717) is 0 Å². The molecular formula is C44H34. The minimum absolute atomic E-state index is 0.0440. The van der Waals surface area contributed by atoms with E-state index < -0.39 is 0 Å². The number of rotatable bonds is 3. The van der Waals surface area contributed by atoms with Gasteiger partial charge >= 0.3 is 0 Å². The Balaban J connectivity index is 1.44. The molecule has 8 rings (SSSR count). The largest absolute Gasteiger partial charge is 0.0622 e. The lowest BCUT2D eigenvalue weighted by Crippen LogP contribution is -2.13. The van der Waals surface area contributed by atoms with Crippen LogP contribution in [0.25, 0.3) is 76.5 Å². The monoisotopic (exact) mass is 562 g/mol. The highest BCUT2D eigenvalue weighted by atomic mass is 14.3. The highest BCUT2D eigenvalue weighted by Gasteiger charge is 2.24. The summed E-state index contributed by atoms with van der Waals surface area (Å²) in [5.41, 5.74) is 8.92. The number of hydrogen-bond donors (Lipinski definition) is 0. The maximum atomic E-state index is 2.44. The van der Waals surface area contributed by atoms with Gasteiger partial charge in [-0.3, -0.25) is 0 Å². The molecule has 8 aromatic rings. The Labute approximate surface area is 259 Å². The molecule has 0 saturated heterocycles. The van der Waals surface area contributed by atoms with E-state index in [1.54, 1.807) is 0 Å². The lowest BCUT2D eigenvalue weighted by molar-refractivity contribution is 0.601. The Bertz CT molecular complexity index is 2330. The zero-order chi connectivity index (χ0) is 29.8. The topological polar surface area (TPSA) is 0 Å². The minimum atomic E-state index is -0.0440. The average molecular weight is 563 g/mol. The van der Waals surface area contributed by atoms with Gasteiger partial charge in [0.15, 0.2) is 0 Å². The summed E-state index contributed by atoms with van der Waals surface area (Å²) in [6, 6.07) is 55.8. The van der Waals surface area contributed by atoms with Gasteiger partial charge in [0.05, 0.1) is 0 Å². The summed E-state index contributed by atoms with van der Waals surface area (Å²) in [6.07, 6.45) is 0. The van der Waals surface area contributed by atoms with Crippen LogP contribution < -0.4 is 0 Å². The normalized spacial score (nSPS) is 12.0. The standard InChI is InChI=1S/C44H34/c1-44(2,3)43-39-20-12-11-19-37(39)42(40-28-33-15-7-8-16-34(33)35-17-9-10-18-36(35)40)38-26-25-32(27-41(38)43)31-23-21-30(22-24-31)29-13-5-4-6-14-29/h4-28H,1-3H3. The van der Waals surface area contributed by atoms with Crippen molar-refractivity contribution in [3.63, 3.8) is 0 Å². The van der Waals surface area contributed by atoms with Gasteiger partial charge in [0.25, 0.3) is 0 Å². The van der Waals surface area contributed by atoms with Crippen LogP contribution in [0.4, 0.5) is 0 Å². The molecule has 0 N–H and O–H groups in total. The number of hydrogen-bond acceptors (Lipinski definition) is 0. The van der Waals surface area contributed by atoms with E-state index in [9.17, 15) is 0 Å². The quantitative estimate of drug-likeness (QED) is 0.148. The van der Waals surface area contributed by atoms with Crippen LogP contribution in [0.3, 0.4) is 0 Å². The molecule has 0 aliphatic heterocycles. The molecular weight excluding hydrogens is 528 g/mol. The zero-order valence-corrected chi connectivity index (χ0v) is 25.4. The fourth-order valence-electron chi connectivity index (χ4n) is 7.20. The van der Waals surface area contributed by atoms with E-state index in [4.69, 9.17) is 0 Å². The van der Waals surface area contributed by atoms with Gasteiger partial charge in [0.2, 0.25) is 0 Å². The van der Waals surface area contributed by atoms with Crippen molar-refractivity contribution in [1.29, 1.82) is 0 Å². The minimum Gasteiger partial charge on any atom is -0.0622 e. The second-order valence-electron chi connectivity index (χ2n) is 12.9. The third-order valence-electron chi connectivity index (χ3n) is 9.14. The Morgan fingerprint density at radius 2 is 0.841 bits per heavy atom. The van der Waals surface area contributed by atoms with Crippen LogP contribution in [0.2, 0.25) is 0 Å². The first-order valence-electron chi connectivity index (χ1n) is 15.5. The molecule has 0 amide bonds. The molecule has 0 aromatic heterocycles. The molecule has 0 aliphatic carbocycles. The molecule has 0 heteroatoms. The van der Waals surface area contributed by atoms with E-state index in [1.165, 1.54) is 82.0 Å². The molecule has 0 saturated carbocycles. The number of fused-ring (bicyclic) bond motifs is 5. The van der Waals surface area contributed by atoms with Crippen LogP contribution in [0, 0.1) is 0 Å². The van der Waals surface area contributed by atoms with Crippen molar-refractivity contribution in [2.45, 2.75) is 26.2 Å². The van der Waals surface area contributed by atoms with Crippen LogP contribution in [-0.4, -0.2) is 0 Å². The fourth-order valence-corrected chi connectivity index (χ4v) is 7.20. The average Bonchev–Trinajstić information content (AvgIpc) is 3.06. The summed E-state index contributed by atoms with van der Waals surface area (Å²) < 4.78 is 0. The van der Waals surface area contributed by atoms with E-state index in [1.807, 2.05) is 0 Å². The van der Waals surface area contributed by atoms with Gasteiger partial charge in [-0.25, -0.2) is 0 Å². The molecule has 8 aromatic carbocycles. The second-order valence-corrected chi connectivity index (χ2v) is 12.9. The molecule has 0 nitrogen and oxygen atoms in total. The van der Waals surface area contributed by atoms with Crippen molar-refractivity contribution in [2.75, 3.05) is 0 Å². The van der Waals surface area contributed by atoms with Crippen molar-refractivity contribution in [2.24, 2.45) is 0 Å². The first-order chi connectivity index (χ1) is 21.5. The first kappa shape index (κ1) is 26.4. The highest BCUT2D eigenvalue weighted by Crippen LogP contribution is 2.47. The van der Waals surface area contributed by atoms with Gasteiger partial charge in [0.1, 0.15) is 0 Å². The SMILES string of the molecule is CC(C)(C)c1c2ccccc2c(-c2cc3ccccc3c3ccccc23)c2ccc(-c3ccc(-c4ccccc4)cc3)cc12. The molecule has 0 spiro atoms. The van der Waals surface area contributed by atoms with Crippen LogP contribution >= 0.6 is 0 Å². The molecule has 0 heterocycles. The van der Waals surface area contributed by atoms with E-state index >= 15 is 0 Å². The third kappa shape index (κ3) is 4.29. The van der Waals surface area contributed by atoms with Crippen molar-refractivity contribution >= 4 is 43.1 Å². The summed E-state index contributed by atoms with van der Waals surface area (Å²) in [7, 11) is 0. The van der Waals surface area contributed by atoms with Crippen molar-refractivity contribution in [1.82, 2.24) is 0 Å². The maximum Gasteiger partial charge on any atom is -0.00201 e. The first-order valence-corrected chi connectivity index (χ1v) is 15.5. The van der Waals surface area contributed by atoms with Crippen LogP contribution in [0.15, 0.2) is 152 Å². The smallest absolute Gasteiger partial charge is 0.00201 e. The predicted molar refractivity (Wildman–Crippen MR) is 191 cm³/mol. The Hall–Kier alpha value is -5.20. The van der Waals surface area contributed by atoms with Gasteiger partial charge in [-0.2, -0.15) is 0 Å². The summed E-state index contributed by atoms with van der Waals surface area (Å²) in [6.45, 7) is 7.04. The van der Waals surface area contributed by atoms with Gasteiger partial charge in [-0.05, 0) is 99.6 Å². The lowest BCUT2D eigenvalue weighted by Gasteiger charge is -2.27. The van der Waals surface area contributed by atoms with Gasteiger partial charge in [-0.15, -0.1) is 0 Å². The lowest BCUT2D eigenvalue weighted by atomic mass is 9.77. The predicted octanol–water partition coefficient (Wildman–Crippen LogP) is 12.6. The molecule has 0 bridgehead atoms. The van der Waals surface area contributed by atoms with Crippen LogP contribution in [-0.2, 0) is 5.41 Å². The zero-order valence-electron chi connectivity index (χ0n) is 25.4. The van der Waals surface area contributed by atoms with Gasteiger partial charge < -0.3 is 0 Å². The summed E-state index contributed by atoms with van der Waals surface area (Å²) in [5.74, 6) is 0. The van der Waals surface area contributed by atoms with Gasteiger partial charge in [0, 0.05) is 0 Å². The molecule has 0 fully saturated rings. The second kappa shape index (κ2) is 10.2. The Kier molecular flexibility index (Phi) is 6.13. The maximum absolute atomic E-state index is 2.44. The highest BCUT2D eigenvalue weighted by molar-refractivity contribution is 6.22. The molecule has 0 aliphatic rings. The van der Waals surface area contributed by atoms with Crippen LogP contribution in [0.1, 0.15) is 26.3 Å². The molecule has 0 radical (unpaired) electrons. The van der Waals surface area contributed by atoms with E-state index in [2.05, 4.69) is 172 Å². The summed E-state index contributed by atoms with van der Waals surface area (Å²) in [4.78, 5) is 0.